The monoisotopic (exact) mass is 280 g/mol. The van der Waals surface area contributed by atoms with Crippen LogP contribution in [0.1, 0.15) is 23.6 Å². The normalized spacial score (nSPS) is 11.6. The fourth-order valence-electron chi connectivity index (χ4n) is 1.80. The number of halogens is 1. The van der Waals surface area contributed by atoms with Gasteiger partial charge < -0.3 is 10.1 Å². The minimum atomic E-state index is -0.734. The van der Waals surface area contributed by atoms with E-state index in [1.54, 1.807) is 13.0 Å². The number of hydrogen-bond donors (Lipinski definition) is 1. The lowest BCUT2D eigenvalue weighted by molar-refractivity contribution is -0.143. The van der Waals surface area contributed by atoms with E-state index in [1.807, 2.05) is 0 Å². The van der Waals surface area contributed by atoms with Crippen LogP contribution in [0.2, 0.25) is 0 Å². The molecule has 0 aliphatic rings. The summed E-state index contributed by atoms with van der Waals surface area (Å²) in [4.78, 5) is 14.5. The first-order chi connectivity index (χ1) is 9.60. The van der Waals surface area contributed by atoms with Crippen LogP contribution in [0.5, 0.6) is 0 Å². The van der Waals surface area contributed by atoms with Gasteiger partial charge in [-0.1, -0.05) is 11.2 Å². The van der Waals surface area contributed by atoms with E-state index in [2.05, 4.69) is 15.3 Å². The maximum absolute atomic E-state index is 13.3. The largest absolute Gasteiger partial charge is 0.468 e. The fraction of sp³-hybridized carbons (Fsp3) is 0.462. The van der Waals surface area contributed by atoms with Crippen molar-refractivity contribution in [2.24, 2.45) is 5.11 Å². The molecule has 0 aromatic heterocycles. The number of aryl methyl sites for hydroxylation is 1. The number of methoxy groups -OCH3 is 1. The third-order valence-electron chi connectivity index (χ3n) is 2.84. The average Bonchev–Trinajstić information content (AvgIpc) is 2.45. The van der Waals surface area contributed by atoms with E-state index in [0.29, 0.717) is 25.1 Å². The Morgan fingerprint density at radius 2 is 2.35 bits per heavy atom. The molecule has 0 bridgehead atoms. The molecule has 1 atom stereocenters. The summed E-state index contributed by atoms with van der Waals surface area (Å²) in [7, 11) is 1.28. The maximum Gasteiger partial charge on any atom is 0.327 e. The first-order valence-electron chi connectivity index (χ1n) is 6.18. The standard InChI is InChI=1S/C13H17FN4O2/c1-9-4-5-10(14)8-11(9)12(13(19)20-2)16-6-3-7-17-18-15/h4-5,8,12,16H,3,6-7H2,1-2H3. The van der Waals surface area contributed by atoms with Crippen LogP contribution in [0.15, 0.2) is 23.3 Å². The Balaban J connectivity index is 2.81. The summed E-state index contributed by atoms with van der Waals surface area (Å²) >= 11 is 0. The zero-order valence-electron chi connectivity index (χ0n) is 11.5. The van der Waals surface area contributed by atoms with Gasteiger partial charge in [0.05, 0.1) is 7.11 Å². The number of azide groups is 1. The molecule has 0 aliphatic carbocycles. The quantitative estimate of drug-likeness (QED) is 0.274. The van der Waals surface area contributed by atoms with Crippen molar-refractivity contribution in [2.45, 2.75) is 19.4 Å². The highest BCUT2D eigenvalue weighted by Crippen LogP contribution is 2.20. The molecule has 0 saturated heterocycles. The molecule has 0 amide bonds. The van der Waals surface area contributed by atoms with Gasteiger partial charge in [-0.15, -0.1) is 0 Å². The maximum atomic E-state index is 13.3. The van der Waals surface area contributed by atoms with Crippen LogP contribution in [-0.2, 0) is 9.53 Å². The highest BCUT2D eigenvalue weighted by atomic mass is 19.1. The summed E-state index contributed by atoms with van der Waals surface area (Å²) < 4.78 is 18.1. The average molecular weight is 280 g/mol. The molecule has 6 nitrogen and oxygen atoms in total. The predicted octanol–water partition coefficient (Wildman–Crippen LogP) is 2.64. The molecule has 0 aliphatic heterocycles. The summed E-state index contributed by atoms with van der Waals surface area (Å²) in [5.41, 5.74) is 9.51. The predicted molar refractivity (Wildman–Crippen MR) is 72.5 cm³/mol. The number of carbonyl (C=O) groups excluding carboxylic acids is 1. The van der Waals surface area contributed by atoms with Crippen molar-refractivity contribution in [2.75, 3.05) is 20.2 Å². The van der Waals surface area contributed by atoms with Gasteiger partial charge in [0.2, 0.25) is 0 Å². The third-order valence-corrected chi connectivity index (χ3v) is 2.84. The van der Waals surface area contributed by atoms with E-state index < -0.39 is 17.8 Å². The van der Waals surface area contributed by atoms with E-state index in [-0.39, 0.29) is 0 Å². The molecule has 1 aromatic carbocycles. The lowest BCUT2D eigenvalue weighted by Gasteiger charge is -2.18. The molecular formula is C13H17FN4O2. The molecule has 108 valence electrons. The first-order valence-corrected chi connectivity index (χ1v) is 6.18. The number of rotatable bonds is 7. The smallest absolute Gasteiger partial charge is 0.327 e. The van der Waals surface area contributed by atoms with E-state index in [0.717, 1.165) is 5.56 Å². The van der Waals surface area contributed by atoms with Crippen molar-refractivity contribution in [3.8, 4) is 0 Å². The molecule has 0 radical (unpaired) electrons. The molecule has 1 rings (SSSR count). The number of nitrogens with zero attached hydrogens (tertiary/aromatic N) is 3. The Morgan fingerprint density at radius 1 is 1.60 bits per heavy atom. The van der Waals surface area contributed by atoms with Crippen molar-refractivity contribution >= 4 is 5.97 Å². The van der Waals surface area contributed by atoms with Gasteiger partial charge in [0.1, 0.15) is 11.9 Å². The molecule has 0 spiro atoms. The van der Waals surface area contributed by atoms with Crippen LogP contribution < -0.4 is 5.32 Å². The van der Waals surface area contributed by atoms with Crippen LogP contribution in [0, 0.1) is 12.7 Å². The van der Waals surface area contributed by atoms with Crippen molar-refractivity contribution in [3.63, 3.8) is 0 Å². The molecule has 1 unspecified atom stereocenters. The summed E-state index contributed by atoms with van der Waals surface area (Å²) in [6.07, 6.45) is 0.575. The van der Waals surface area contributed by atoms with Gasteiger partial charge >= 0.3 is 5.97 Å². The molecule has 1 aromatic rings. The highest BCUT2D eigenvalue weighted by Gasteiger charge is 2.22. The zero-order chi connectivity index (χ0) is 15.0. The molecule has 7 heteroatoms. The Morgan fingerprint density at radius 3 is 3.00 bits per heavy atom. The van der Waals surface area contributed by atoms with Crippen molar-refractivity contribution < 1.29 is 13.9 Å². The minimum absolute atomic E-state index is 0.333. The summed E-state index contributed by atoms with van der Waals surface area (Å²) in [5, 5.41) is 6.39. The van der Waals surface area contributed by atoms with Crippen LogP contribution in [-0.4, -0.2) is 26.2 Å². The summed E-state index contributed by atoms with van der Waals surface area (Å²) in [5.74, 6) is -0.891. The van der Waals surface area contributed by atoms with Crippen molar-refractivity contribution in [3.05, 3.63) is 45.6 Å². The molecule has 20 heavy (non-hydrogen) atoms. The Labute approximate surface area is 116 Å². The molecule has 0 heterocycles. The van der Waals surface area contributed by atoms with Gasteiger partial charge in [0, 0.05) is 11.5 Å². The number of ether oxygens (including phenoxy) is 1. The van der Waals surface area contributed by atoms with Crippen LogP contribution in [0.4, 0.5) is 4.39 Å². The second kappa shape index (κ2) is 8.14. The van der Waals surface area contributed by atoms with E-state index in [9.17, 15) is 9.18 Å². The molecule has 1 N–H and O–H groups in total. The van der Waals surface area contributed by atoms with Crippen LogP contribution in [0.3, 0.4) is 0 Å². The number of hydrogen-bond acceptors (Lipinski definition) is 4. The Bertz CT molecular complexity index is 515. The van der Waals surface area contributed by atoms with Gasteiger partial charge in [0.15, 0.2) is 0 Å². The molecule has 0 fully saturated rings. The highest BCUT2D eigenvalue weighted by molar-refractivity contribution is 5.78. The second-order valence-corrected chi connectivity index (χ2v) is 4.22. The van der Waals surface area contributed by atoms with Gasteiger partial charge in [-0.05, 0) is 48.7 Å². The van der Waals surface area contributed by atoms with E-state index >= 15 is 0 Å². The van der Waals surface area contributed by atoms with Gasteiger partial charge in [0.25, 0.3) is 0 Å². The topological polar surface area (TPSA) is 87.1 Å². The zero-order valence-corrected chi connectivity index (χ0v) is 11.5. The third kappa shape index (κ3) is 4.53. The number of nitrogens with one attached hydrogen (secondary N) is 1. The first kappa shape index (κ1) is 15.9. The lowest BCUT2D eigenvalue weighted by Crippen LogP contribution is -2.31. The number of benzene rings is 1. The van der Waals surface area contributed by atoms with Gasteiger partial charge in [-0.3, -0.25) is 0 Å². The fourth-order valence-corrected chi connectivity index (χ4v) is 1.80. The molecule has 0 saturated carbocycles. The van der Waals surface area contributed by atoms with Gasteiger partial charge in [-0.25, -0.2) is 9.18 Å². The lowest BCUT2D eigenvalue weighted by atomic mass is 10.0. The number of carbonyl (C=O) groups is 1. The second-order valence-electron chi connectivity index (χ2n) is 4.22. The number of esters is 1. The van der Waals surface area contributed by atoms with Crippen LogP contribution in [0.25, 0.3) is 10.4 Å². The SMILES string of the molecule is COC(=O)C(NCCCN=[N+]=[N-])c1cc(F)ccc1C. The van der Waals surface area contributed by atoms with Crippen LogP contribution >= 0.6 is 0 Å². The minimum Gasteiger partial charge on any atom is -0.468 e. The Hall–Kier alpha value is -2.11. The van der Waals surface area contributed by atoms with Crippen molar-refractivity contribution in [1.82, 2.24) is 5.32 Å². The summed E-state index contributed by atoms with van der Waals surface area (Å²) in [6.45, 7) is 2.58. The van der Waals surface area contributed by atoms with Gasteiger partial charge in [-0.2, -0.15) is 0 Å². The summed E-state index contributed by atoms with van der Waals surface area (Å²) in [6, 6.07) is 3.54. The van der Waals surface area contributed by atoms with E-state index in [1.165, 1.54) is 19.2 Å². The Kier molecular flexibility index (Phi) is 6.49. The van der Waals surface area contributed by atoms with Crippen molar-refractivity contribution in [1.29, 1.82) is 0 Å². The van der Waals surface area contributed by atoms with E-state index in [4.69, 9.17) is 10.3 Å². The molecular weight excluding hydrogens is 263 g/mol.